The van der Waals surface area contributed by atoms with E-state index in [9.17, 15) is 14.0 Å². The lowest BCUT2D eigenvalue weighted by Crippen LogP contribution is -2.41. The van der Waals surface area contributed by atoms with E-state index in [0.717, 1.165) is 25.2 Å². The number of amides is 2. The molecule has 1 aliphatic heterocycles. The zero-order valence-electron chi connectivity index (χ0n) is 17.0. The topological polar surface area (TPSA) is 114 Å². The molecule has 1 saturated heterocycles. The van der Waals surface area contributed by atoms with Crippen LogP contribution in [0.1, 0.15) is 29.0 Å². The molecule has 9 heteroatoms. The van der Waals surface area contributed by atoms with Crippen LogP contribution < -0.4 is 16.0 Å². The maximum absolute atomic E-state index is 13.2. The Kier molecular flexibility index (Phi) is 5.66. The molecule has 0 radical (unpaired) electrons. The molecule has 3 N–H and O–H groups in total. The van der Waals surface area contributed by atoms with Gasteiger partial charge in [0.05, 0.1) is 17.8 Å². The minimum Gasteiger partial charge on any atom is -0.369 e. The summed E-state index contributed by atoms with van der Waals surface area (Å²) in [5, 5.41) is 6.75. The molecule has 1 fully saturated rings. The van der Waals surface area contributed by atoms with E-state index in [-0.39, 0.29) is 23.2 Å². The number of piperidine rings is 1. The molecule has 2 aromatic heterocycles. The van der Waals surface area contributed by atoms with Gasteiger partial charge in [0.2, 0.25) is 5.91 Å². The highest BCUT2D eigenvalue weighted by Crippen LogP contribution is 2.27. The number of anilines is 2. The van der Waals surface area contributed by atoms with E-state index in [1.165, 1.54) is 24.3 Å². The van der Waals surface area contributed by atoms with Crippen LogP contribution in [0.2, 0.25) is 0 Å². The minimum atomic E-state index is -0.403. The van der Waals surface area contributed by atoms with Gasteiger partial charge >= 0.3 is 0 Å². The molecular formula is C22H22FN5O3. The van der Waals surface area contributed by atoms with E-state index in [2.05, 4.69) is 15.5 Å². The second-order valence-corrected chi connectivity index (χ2v) is 7.52. The van der Waals surface area contributed by atoms with Crippen LogP contribution in [0.15, 0.2) is 47.1 Å². The van der Waals surface area contributed by atoms with Crippen LogP contribution in [0.25, 0.3) is 11.3 Å². The fourth-order valence-corrected chi connectivity index (χ4v) is 3.70. The average Bonchev–Trinajstić information content (AvgIpc) is 3.16. The van der Waals surface area contributed by atoms with Crippen molar-refractivity contribution in [3.63, 3.8) is 0 Å². The summed E-state index contributed by atoms with van der Waals surface area (Å²) in [4.78, 5) is 30.8. The second kappa shape index (κ2) is 8.55. The van der Waals surface area contributed by atoms with Crippen molar-refractivity contribution >= 4 is 23.3 Å². The number of rotatable bonds is 5. The van der Waals surface area contributed by atoms with E-state index >= 15 is 0 Å². The first-order chi connectivity index (χ1) is 14.9. The third-order valence-corrected chi connectivity index (χ3v) is 5.36. The number of nitrogens with two attached hydrogens (primary N) is 1. The number of hydrogen-bond donors (Lipinski definition) is 2. The van der Waals surface area contributed by atoms with Crippen LogP contribution >= 0.6 is 0 Å². The number of benzene rings is 1. The quantitative estimate of drug-likeness (QED) is 0.652. The van der Waals surface area contributed by atoms with Gasteiger partial charge in [-0.2, -0.15) is 0 Å². The number of aryl methyl sites for hydroxylation is 1. The average molecular weight is 423 g/mol. The summed E-state index contributed by atoms with van der Waals surface area (Å²) in [5.74, 6) is -0.188. The lowest BCUT2D eigenvalue weighted by atomic mass is 9.97. The molecule has 2 amide bonds. The molecular weight excluding hydrogens is 401 g/mol. The van der Waals surface area contributed by atoms with Gasteiger partial charge in [-0.1, -0.05) is 5.16 Å². The lowest BCUT2D eigenvalue weighted by molar-refractivity contribution is -0.122. The molecule has 8 nitrogen and oxygen atoms in total. The number of aromatic nitrogens is 2. The van der Waals surface area contributed by atoms with E-state index in [1.807, 2.05) is 4.90 Å². The molecule has 3 aromatic rings. The first-order valence-corrected chi connectivity index (χ1v) is 9.96. The van der Waals surface area contributed by atoms with Crippen molar-refractivity contribution < 1.29 is 18.5 Å². The molecule has 160 valence electrons. The maximum Gasteiger partial charge on any atom is 0.261 e. The van der Waals surface area contributed by atoms with E-state index in [4.69, 9.17) is 10.3 Å². The summed E-state index contributed by atoms with van der Waals surface area (Å²) in [5.41, 5.74) is 7.13. The summed E-state index contributed by atoms with van der Waals surface area (Å²) >= 11 is 0. The van der Waals surface area contributed by atoms with E-state index < -0.39 is 5.91 Å². The minimum absolute atomic E-state index is 0.184. The standard InChI is InChI=1S/C22H22FN5O3/c1-13-19(20(27-31-13)14-4-6-16(23)7-5-14)22(30)26-17-8-9-18(25-11-17)28-10-2-3-15(12-28)21(24)29/h4-9,11,15H,2-3,10,12H2,1H3,(H2,24,29)(H,26,30). The number of pyridine rings is 1. The lowest BCUT2D eigenvalue weighted by Gasteiger charge is -2.32. The van der Waals surface area contributed by atoms with Gasteiger partial charge in [0.1, 0.15) is 28.7 Å². The van der Waals surface area contributed by atoms with E-state index in [0.29, 0.717) is 29.2 Å². The second-order valence-electron chi connectivity index (χ2n) is 7.52. The van der Waals surface area contributed by atoms with Gasteiger partial charge in [0.25, 0.3) is 5.91 Å². The zero-order valence-corrected chi connectivity index (χ0v) is 17.0. The van der Waals surface area contributed by atoms with Crippen LogP contribution in [0.3, 0.4) is 0 Å². The third-order valence-electron chi connectivity index (χ3n) is 5.36. The van der Waals surface area contributed by atoms with Crippen LogP contribution in [0.4, 0.5) is 15.9 Å². The predicted molar refractivity (Wildman–Crippen MR) is 113 cm³/mol. The van der Waals surface area contributed by atoms with Crippen LogP contribution in [0, 0.1) is 18.7 Å². The fraction of sp³-hybridized carbons (Fsp3) is 0.273. The van der Waals surface area contributed by atoms with Crippen molar-refractivity contribution in [3.05, 3.63) is 59.7 Å². The van der Waals surface area contributed by atoms with Crippen molar-refractivity contribution in [2.24, 2.45) is 11.7 Å². The highest BCUT2D eigenvalue weighted by atomic mass is 19.1. The molecule has 0 saturated carbocycles. The SMILES string of the molecule is Cc1onc(-c2ccc(F)cc2)c1C(=O)Nc1ccc(N2CCCC(C(N)=O)C2)nc1. The molecule has 4 rings (SSSR count). The van der Waals surface area contributed by atoms with Gasteiger partial charge in [0, 0.05) is 18.7 Å². The Bertz CT molecular complexity index is 1100. The fourth-order valence-electron chi connectivity index (χ4n) is 3.70. The van der Waals surface area contributed by atoms with Gasteiger partial charge in [-0.15, -0.1) is 0 Å². The van der Waals surface area contributed by atoms with Crippen molar-refractivity contribution in [2.75, 3.05) is 23.3 Å². The Hall–Kier alpha value is -3.75. The van der Waals surface area contributed by atoms with Gasteiger partial charge in [0.15, 0.2) is 0 Å². The van der Waals surface area contributed by atoms with Crippen molar-refractivity contribution in [2.45, 2.75) is 19.8 Å². The molecule has 1 unspecified atom stereocenters. The summed E-state index contributed by atoms with van der Waals surface area (Å²) < 4.78 is 18.4. The smallest absolute Gasteiger partial charge is 0.261 e. The number of hydrogen-bond acceptors (Lipinski definition) is 6. The number of halogens is 1. The molecule has 0 spiro atoms. The number of nitrogens with zero attached hydrogens (tertiary/aromatic N) is 3. The molecule has 0 bridgehead atoms. The Labute approximate surface area is 178 Å². The highest BCUT2D eigenvalue weighted by Gasteiger charge is 2.25. The van der Waals surface area contributed by atoms with Crippen molar-refractivity contribution in [1.82, 2.24) is 10.1 Å². The van der Waals surface area contributed by atoms with Crippen LogP contribution in [-0.4, -0.2) is 35.0 Å². The summed E-state index contributed by atoms with van der Waals surface area (Å²) in [6.45, 7) is 2.97. The Morgan fingerprint density at radius 3 is 2.68 bits per heavy atom. The number of nitrogens with one attached hydrogen (secondary N) is 1. The first-order valence-electron chi connectivity index (χ1n) is 9.96. The Balaban J connectivity index is 1.49. The largest absolute Gasteiger partial charge is 0.369 e. The highest BCUT2D eigenvalue weighted by molar-refractivity contribution is 6.08. The van der Waals surface area contributed by atoms with Gasteiger partial charge < -0.3 is 20.5 Å². The molecule has 1 aliphatic rings. The van der Waals surface area contributed by atoms with Crippen molar-refractivity contribution in [1.29, 1.82) is 0 Å². The van der Waals surface area contributed by atoms with Gasteiger partial charge in [-0.05, 0) is 56.2 Å². The zero-order chi connectivity index (χ0) is 22.0. The van der Waals surface area contributed by atoms with Crippen LogP contribution in [-0.2, 0) is 4.79 Å². The third kappa shape index (κ3) is 4.40. The maximum atomic E-state index is 13.2. The predicted octanol–water partition coefficient (Wildman–Crippen LogP) is 3.14. The monoisotopic (exact) mass is 423 g/mol. The number of carbonyl (C=O) groups is 2. The molecule has 0 aliphatic carbocycles. The molecule has 3 heterocycles. The van der Waals surface area contributed by atoms with Gasteiger partial charge in [-0.3, -0.25) is 9.59 Å². The molecule has 31 heavy (non-hydrogen) atoms. The molecule has 1 atom stereocenters. The normalized spacial score (nSPS) is 16.2. The summed E-state index contributed by atoms with van der Waals surface area (Å²) in [6, 6.07) is 9.21. The Morgan fingerprint density at radius 1 is 1.23 bits per heavy atom. The van der Waals surface area contributed by atoms with Crippen LogP contribution in [0.5, 0.6) is 0 Å². The molecule has 1 aromatic carbocycles. The number of primary amides is 1. The summed E-state index contributed by atoms with van der Waals surface area (Å²) in [7, 11) is 0. The van der Waals surface area contributed by atoms with Gasteiger partial charge in [-0.25, -0.2) is 9.37 Å². The number of carbonyl (C=O) groups excluding carboxylic acids is 2. The first kappa shape index (κ1) is 20.5. The van der Waals surface area contributed by atoms with Crippen molar-refractivity contribution in [3.8, 4) is 11.3 Å². The summed E-state index contributed by atoms with van der Waals surface area (Å²) in [6.07, 6.45) is 3.21. The van der Waals surface area contributed by atoms with E-state index in [1.54, 1.807) is 25.3 Å². The Morgan fingerprint density at radius 2 is 2.00 bits per heavy atom.